The fraction of sp³-hybridized carbons (Fsp3) is 0.400. The Labute approximate surface area is 175 Å². The summed E-state index contributed by atoms with van der Waals surface area (Å²) in [4.78, 5) is 14.8. The van der Waals surface area contributed by atoms with E-state index in [1.165, 1.54) is 0 Å². The number of halogens is 1. The monoisotopic (exact) mass is 413 g/mol. The fourth-order valence-electron chi connectivity index (χ4n) is 4.12. The second-order valence-electron chi connectivity index (χ2n) is 7.40. The van der Waals surface area contributed by atoms with Crippen LogP contribution in [-0.2, 0) is 13.1 Å². The first-order chi connectivity index (χ1) is 13.8. The third kappa shape index (κ3) is 3.77. The Morgan fingerprint density at radius 3 is 2.66 bits per heavy atom. The topological polar surface area (TPSA) is 91.7 Å². The molecule has 29 heavy (non-hydrogen) atoms. The van der Waals surface area contributed by atoms with Crippen LogP contribution >= 0.6 is 12.4 Å². The van der Waals surface area contributed by atoms with Crippen LogP contribution in [0.1, 0.15) is 40.9 Å². The SMILES string of the molecule is Cl.O=C(c1cc(-c2ccccc2)n[nH]1)N1CCC(c2nnc3n2CCNC3)CC1. The summed E-state index contributed by atoms with van der Waals surface area (Å²) in [6, 6.07) is 11.7. The van der Waals surface area contributed by atoms with Gasteiger partial charge in [-0.3, -0.25) is 9.89 Å². The lowest BCUT2D eigenvalue weighted by molar-refractivity contribution is 0.0704. The van der Waals surface area contributed by atoms with Crippen LogP contribution in [0.4, 0.5) is 0 Å². The van der Waals surface area contributed by atoms with Crippen molar-refractivity contribution in [2.45, 2.75) is 31.8 Å². The van der Waals surface area contributed by atoms with Crippen LogP contribution in [0.25, 0.3) is 11.3 Å². The van der Waals surface area contributed by atoms with Gasteiger partial charge in [0, 0.05) is 37.7 Å². The van der Waals surface area contributed by atoms with Crippen molar-refractivity contribution in [2.75, 3.05) is 19.6 Å². The van der Waals surface area contributed by atoms with Crippen molar-refractivity contribution in [1.82, 2.24) is 35.2 Å². The Hall–Kier alpha value is -2.71. The van der Waals surface area contributed by atoms with Crippen molar-refractivity contribution in [3.05, 3.63) is 53.7 Å². The van der Waals surface area contributed by atoms with E-state index in [2.05, 4.69) is 30.3 Å². The first kappa shape index (κ1) is 19.6. The lowest BCUT2D eigenvalue weighted by Crippen LogP contribution is -2.39. The molecular formula is C20H24ClN7O. The van der Waals surface area contributed by atoms with Gasteiger partial charge in [-0.05, 0) is 18.9 Å². The molecule has 0 saturated carbocycles. The molecule has 2 aliphatic rings. The van der Waals surface area contributed by atoms with Crippen molar-refractivity contribution in [3.63, 3.8) is 0 Å². The highest BCUT2D eigenvalue weighted by molar-refractivity contribution is 5.93. The minimum Gasteiger partial charge on any atom is -0.337 e. The van der Waals surface area contributed by atoms with Crippen molar-refractivity contribution in [2.24, 2.45) is 0 Å². The molecule has 0 radical (unpaired) electrons. The van der Waals surface area contributed by atoms with Crippen LogP contribution < -0.4 is 5.32 Å². The Morgan fingerprint density at radius 2 is 1.86 bits per heavy atom. The number of nitrogens with zero attached hydrogens (tertiary/aromatic N) is 5. The molecule has 0 bridgehead atoms. The number of piperidine rings is 1. The molecule has 4 heterocycles. The Balaban J connectivity index is 0.00000205. The van der Waals surface area contributed by atoms with Crippen molar-refractivity contribution < 1.29 is 4.79 Å². The van der Waals surface area contributed by atoms with Gasteiger partial charge in [-0.1, -0.05) is 30.3 Å². The molecule has 0 atom stereocenters. The van der Waals surface area contributed by atoms with Gasteiger partial charge in [0.05, 0.1) is 12.2 Å². The van der Waals surface area contributed by atoms with Crippen LogP contribution in [-0.4, -0.2) is 55.4 Å². The minimum atomic E-state index is 0. The van der Waals surface area contributed by atoms with Gasteiger partial charge >= 0.3 is 0 Å². The molecule has 1 saturated heterocycles. The van der Waals surface area contributed by atoms with E-state index in [0.29, 0.717) is 11.6 Å². The van der Waals surface area contributed by atoms with Crippen LogP contribution in [0, 0.1) is 0 Å². The summed E-state index contributed by atoms with van der Waals surface area (Å²) < 4.78 is 2.25. The maximum atomic E-state index is 12.9. The quantitative estimate of drug-likeness (QED) is 0.686. The molecule has 0 spiro atoms. The first-order valence-corrected chi connectivity index (χ1v) is 9.82. The van der Waals surface area contributed by atoms with Gasteiger partial charge in [0.2, 0.25) is 0 Å². The predicted molar refractivity (Wildman–Crippen MR) is 111 cm³/mol. The number of carbonyl (C=O) groups is 1. The summed E-state index contributed by atoms with van der Waals surface area (Å²) in [6.45, 7) is 4.12. The number of likely N-dealkylation sites (tertiary alicyclic amines) is 1. The lowest BCUT2D eigenvalue weighted by atomic mass is 9.95. The maximum absolute atomic E-state index is 12.9. The second-order valence-corrected chi connectivity index (χ2v) is 7.40. The zero-order chi connectivity index (χ0) is 18.9. The van der Waals surface area contributed by atoms with Gasteiger partial charge < -0.3 is 14.8 Å². The largest absolute Gasteiger partial charge is 0.337 e. The summed E-state index contributed by atoms with van der Waals surface area (Å²) in [6.07, 6.45) is 1.83. The summed E-state index contributed by atoms with van der Waals surface area (Å²) in [5.41, 5.74) is 2.34. The van der Waals surface area contributed by atoms with Gasteiger partial charge in [0.25, 0.3) is 5.91 Å². The molecule has 0 aliphatic carbocycles. The van der Waals surface area contributed by atoms with Crippen molar-refractivity contribution >= 4 is 18.3 Å². The number of aromatic nitrogens is 5. The molecule has 5 rings (SSSR count). The highest BCUT2D eigenvalue weighted by atomic mass is 35.5. The minimum absolute atomic E-state index is 0. The van der Waals surface area contributed by atoms with E-state index in [1.807, 2.05) is 41.3 Å². The third-order valence-electron chi connectivity index (χ3n) is 5.68. The fourth-order valence-corrected chi connectivity index (χ4v) is 4.12. The molecule has 2 aromatic heterocycles. The van der Waals surface area contributed by atoms with Crippen LogP contribution in [0.2, 0.25) is 0 Å². The summed E-state index contributed by atoms with van der Waals surface area (Å²) in [5, 5.41) is 19.3. The molecule has 1 aromatic carbocycles. The Morgan fingerprint density at radius 1 is 1.07 bits per heavy atom. The number of fused-ring (bicyclic) bond motifs is 1. The predicted octanol–water partition coefficient (Wildman–Crippen LogP) is 2.21. The smallest absolute Gasteiger partial charge is 0.271 e. The molecule has 1 fully saturated rings. The van der Waals surface area contributed by atoms with Crippen molar-refractivity contribution in [3.8, 4) is 11.3 Å². The number of hydrogen-bond donors (Lipinski definition) is 2. The summed E-state index contributed by atoms with van der Waals surface area (Å²) in [5.74, 6) is 2.48. The summed E-state index contributed by atoms with van der Waals surface area (Å²) >= 11 is 0. The average Bonchev–Trinajstić information content (AvgIpc) is 3.42. The van der Waals surface area contributed by atoms with Gasteiger partial charge in [-0.25, -0.2) is 0 Å². The van der Waals surface area contributed by atoms with E-state index in [9.17, 15) is 4.79 Å². The van der Waals surface area contributed by atoms with Gasteiger partial charge in [-0.2, -0.15) is 5.10 Å². The van der Waals surface area contributed by atoms with E-state index in [0.717, 1.165) is 68.5 Å². The number of benzene rings is 1. The summed E-state index contributed by atoms with van der Waals surface area (Å²) in [7, 11) is 0. The van der Waals surface area contributed by atoms with Crippen LogP contribution in [0.15, 0.2) is 36.4 Å². The average molecular weight is 414 g/mol. The number of carbonyl (C=O) groups excluding carboxylic acids is 1. The number of nitrogens with one attached hydrogen (secondary N) is 2. The van der Waals surface area contributed by atoms with E-state index in [-0.39, 0.29) is 18.3 Å². The molecule has 152 valence electrons. The van der Waals surface area contributed by atoms with E-state index < -0.39 is 0 Å². The van der Waals surface area contributed by atoms with Crippen LogP contribution in [0.5, 0.6) is 0 Å². The maximum Gasteiger partial charge on any atom is 0.271 e. The number of amides is 1. The highest BCUT2D eigenvalue weighted by Crippen LogP contribution is 2.28. The number of H-pyrrole nitrogens is 1. The Kier molecular flexibility index (Phi) is 5.64. The third-order valence-corrected chi connectivity index (χ3v) is 5.68. The van der Waals surface area contributed by atoms with Crippen molar-refractivity contribution in [1.29, 1.82) is 0 Å². The van der Waals surface area contributed by atoms with E-state index in [4.69, 9.17) is 0 Å². The Bertz CT molecular complexity index is 976. The molecule has 3 aromatic rings. The molecule has 1 amide bonds. The molecule has 2 N–H and O–H groups in total. The zero-order valence-corrected chi connectivity index (χ0v) is 16.9. The lowest BCUT2D eigenvalue weighted by Gasteiger charge is -2.31. The molecule has 2 aliphatic heterocycles. The number of hydrogen-bond acceptors (Lipinski definition) is 5. The zero-order valence-electron chi connectivity index (χ0n) is 16.0. The second kappa shape index (κ2) is 8.34. The molecule has 9 heteroatoms. The van der Waals surface area contributed by atoms with E-state index >= 15 is 0 Å². The van der Waals surface area contributed by atoms with E-state index in [1.54, 1.807) is 0 Å². The first-order valence-electron chi connectivity index (χ1n) is 9.82. The standard InChI is InChI=1S/C20H23N7O.ClH/c28-20(17-12-16(22-23-17)14-4-2-1-3-5-14)26-9-6-15(7-10-26)19-25-24-18-13-21-8-11-27(18)19;/h1-5,12,15,21H,6-11,13H2,(H,22,23);1H. The normalized spacial score (nSPS) is 16.9. The molecule has 0 unspecified atom stereocenters. The number of aromatic amines is 1. The van der Waals surface area contributed by atoms with Gasteiger partial charge in [0.15, 0.2) is 0 Å². The van der Waals surface area contributed by atoms with Gasteiger partial charge in [0.1, 0.15) is 17.3 Å². The highest BCUT2D eigenvalue weighted by Gasteiger charge is 2.29. The number of rotatable bonds is 3. The molecular weight excluding hydrogens is 390 g/mol. The van der Waals surface area contributed by atoms with Gasteiger partial charge in [-0.15, -0.1) is 22.6 Å². The van der Waals surface area contributed by atoms with Crippen LogP contribution in [0.3, 0.4) is 0 Å². The molecule has 8 nitrogen and oxygen atoms in total.